The number of ketones is 1. The Morgan fingerprint density at radius 3 is 2.10 bits per heavy atom. The topological polar surface area (TPSA) is 17.1 Å². The zero-order chi connectivity index (χ0) is 14.9. The van der Waals surface area contributed by atoms with Crippen LogP contribution in [0.3, 0.4) is 0 Å². The molecular weight excluding hydrogens is 401 g/mol. The third-order valence-corrected chi connectivity index (χ3v) is 3.70. The number of carbonyl (C=O) groups excluding carboxylic acids is 1. The van der Waals surface area contributed by atoms with E-state index in [2.05, 4.69) is 31.9 Å². The van der Waals surface area contributed by atoms with E-state index >= 15 is 0 Å². The maximum absolute atomic E-state index is 13.6. The lowest BCUT2D eigenvalue weighted by molar-refractivity contribution is 0.0985. The summed E-state index contributed by atoms with van der Waals surface area (Å²) in [6.45, 7) is 0. The van der Waals surface area contributed by atoms with E-state index < -0.39 is 28.8 Å². The maximum atomic E-state index is 13.6. The van der Waals surface area contributed by atoms with Crippen LogP contribution in [0, 0.1) is 17.5 Å². The van der Waals surface area contributed by atoms with Gasteiger partial charge in [0.25, 0.3) is 0 Å². The molecule has 6 heteroatoms. The first-order valence-corrected chi connectivity index (χ1v) is 7.08. The lowest BCUT2D eigenvalue weighted by Crippen LogP contribution is -2.09. The summed E-state index contributed by atoms with van der Waals surface area (Å²) in [6.07, 6.45) is -0.214. The summed E-state index contributed by atoms with van der Waals surface area (Å²) in [5.74, 6) is -3.03. The monoisotopic (exact) mass is 406 g/mol. The van der Waals surface area contributed by atoms with E-state index in [4.69, 9.17) is 0 Å². The SMILES string of the molecule is O=C(Cc1ccc(F)c(Br)c1)c1c(F)cc(Br)cc1F. The first-order chi connectivity index (χ1) is 9.38. The van der Waals surface area contributed by atoms with Gasteiger partial charge in [-0.15, -0.1) is 0 Å². The van der Waals surface area contributed by atoms with E-state index in [1.54, 1.807) is 0 Å². The molecule has 0 aromatic heterocycles. The number of hydrogen-bond donors (Lipinski definition) is 0. The summed E-state index contributed by atoms with van der Waals surface area (Å²) in [4.78, 5) is 12.0. The van der Waals surface area contributed by atoms with E-state index in [0.717, 1.165) is 12.1 Å². The molecule has 0 aliphatic rings. The van der Waals surface area contributed by atoms with Crippen molar-refractivity contribution in [2.75, 3.05) is 0 Å². The molecule has 1 nitrogen and oxygen atoms in total. The zero-order valence-electron chi connectivity index (χ0n) is 9.89. The number of Topliss-reactive ketones (excluding diaryl/α,β-unsaturated/α-hetero) is 1. The summed E-state index contributed by atoms with van der Waals surface area (Å²) in [5, 5.41) is 0. The van der Waals surface area contributed by atoms with Gasteiger partial charge in [-0.1, -0.05) is 22.0 Å². The van der Waals surface area contributed by atoms with Gasteiger partial charge in [0.15, 0.2) is 5.78 Å². The summed E-state index contributed by atoms with van der Waals surface area (Å²) in [6, 6.07) is 6.03. The fourth-order valence-corrected chi connectivity index (χ4v) is 2.56. The highest BCUT2D eigenvalue weighted by atomic mass is 79.9. The van der Waals surface area contributed by atoms with Gasteiger partial charge in [0.1, 0.15) is 17.5 Å². The number of benzene rings is 2. The normalized spacial score (nSPS) is 10.7. The van der Waals surface area contributed by atoms with E-state index in [0.29, 0.717) is 5.56 Å². The third-order valence-electron chi connectivity index (χ3n) is 2.63. The first-order valence-electron chi connectivity index (χ1n) is 5.50. The molecule has 2 rings (SSSR count). The van der Waals surface area contributed by atoms with Crippen LogP contribution < -0.4 is 0 Å². The molecule has 0 aliphatic heterocycles. The fourth-order valence-electron chi connectivity index (χ4n) is 1.73. The van der Waals surface area contributed by atoms with Gasteiger partial charge in [-0.05, 0) is 45.8 Å². The van der Waals surface area contributed by atoms with Crippen molar-refractivity contribution in [3.8, 4) is 0 Å². The molecule has 20 heavy (non-hydrogen) atoms. The molecule has 0 aliphatic carbocycles. The molecule has 0 saturated heterocycles. The summed E-state index contributed by atoms with van der Waals surface area (Å²) >= 11 is 5.93. The van der Waals surface area contributed by atoms with Gasteiger partial charge in [-0.2, -0.15) is 0 Å². The lowest BCUT2D eigenvalue weighted by atomic mass is 10.0. The molecule has 104 valence electrons. The summed E-state index contributed by atoms with van der Waals surface area (Å²) < 4.78 is 40.8. The van der Waals surface area contributed by atoms with Crippen molar-refractivity contribution in [2.45, 2.75) is 6.42 Å². The first kappa shape index (κ1) is 15.3. The van der Waals surface area contributed by atoms with E-state index in [1.807, 2.05) is 0 Å². The third kappa shape index (κ3) is 3.30. The second-order valence-corrected chi connectivity index (χ2v) is 5.86. The Hall–Kier alpha value is -1.14. The van der Waals surface area contributed by atoms with Crippen molar-refractivity contribution in [2.24, 2.45) is 0 Å². The van der Waals surface area contributed by atoms with Crippen molar-refractivity contribution in [3.63, 3.8) is 0 Å². The molecule has 0 bridgehead atoms. The largest absolute Gasteiger partial charge is 0.294 e. The highest BCUT2D eigenvalue weighted by Crippen LogP contribution is 2.22. The Labute approximate surface area is 130 Å². The van der Waals surface area contributed by atoms with Gasteiger partial charge >= 0.3 is 0 Å². The van der Waals surface area contributed by atoms with E-state index in [-0.39, 0.29) is 15.4 Å². The van der Waals surface area contributed by atoms with E-state index in [1.165, 1.54) is 18.2 Å². The second-order valence-electron chi connectivity index (χ2n) is 4.09. The molecule has 0 unspecified atom stereocenters. The number of carbonyl (C=O) groups is 1. The Balaban J connectivity index is 2.31. The Morgan fingerprint density at radius 2 is 1.55 bits per heavy atom. The van der Waals surface area contributed by atoms with Crippen molar-refractivity contribution in [1.29, 1.82) is 0 Å². The summed E-state index contributed by atoms with van der Waals surface area (Å²) in [5.41, 5.74) is -0.126. The van der Waals surface area contributed by atoms with Gasteiger partial charge in [0.2, 0.25) is 0 Å². The van der Waals surface area contributed by atoms with Crippen molar-refractivity contribution in [1.82, 2.24) is 0 Å². The molecule has 2 aromatic rings. The van der Waals surface area contributed by atoms with Gasteiger partial charge < -0.3 is 0 Å². The van der Waals surface area contributed by atoms with Crippen molar-refractivity contribution < 1.29 is 18.0 Å². The minimum atomic E-state index is -0.928. The predicted molar refractivity (Wildman–Crippen MR) is 76.2 cm³/mol. The van der Waals surface area contributed by atoms with Gasteiger partial charge in [0, 0.05) is 10.9 Å². The van der Waals surface area contributed by atoms with Crippen LogP contribution in [0.15, 0.2) is 39.3 Å². The van der Waals surface area contributed by atoms with Crippen molar-refractivity contribution in [3.05, 3.63) is 67.9 Å². The number of rotatable bonds is 3. The molecule has 0 fully saturated rings. The van der Waals surface area contributed by atoms with Crippen LogP contribution in [0.1, 0.15) is 15.9 Å². The molecule has 0 amide bonds. The van der Waals surface area contributed by atoms with Crippen LogP contribution in [-0.2, 0) is 6.42 Å². The maximum Gasteiger partial charge on any atom is 0.173 e. The lowest BCUT2D eigenvalue weighted by Gasteiger charge is -2.06. The Bertz CT molecular complexity index is 663. The Kier molecular flexibility index (Phi) is 4.65. The van der Waals surface area contributed by atoms with Crippen LogP contribution in [0.4, 0.5) is 13.2 Å². The predicted octanol–water partition coefficient (Wildman–Crippen LogP) is 5.05. The zero-order valence-corrected chi connectivity index (χ0v) is 13.1. The second kappa shape index (κ2) is 6.10. The molecule has 0 atom stereocenters. The van der Waals surface area contributed by atoms with Gasteiger partial charge in [-0.25, -0.2) is 13.2 Å². The average molecular weight is 408 g/mol. The van der Waals surface area contributed by atoms with Crippen LogP contribution in [0.25, 0.3) is 0 Å². The highest BCUT2D eigenvalue weighted by molar-refractivity contribution is 9.10. The Morgan fingerprint density at radius 1 is 0.950 bits per heavy atom. The smallest absolute Gasteiger partial charge is 0.173 e. The van der Waals surface area contributed by atoms with Crippen molar-refractivity contribution >= 4 is 37.6 Å². The summed E-state index contributed by atoms with van der Waals surface area (Å²) in [7, 11) is 0. The fraction of sp³-hybridized carbons (Fsp3) is 0.0714. The minimum Gasteiger partial charge on any atom is -0.294 e. The number of halogens is 5. The van der Waals surface area contributed by atoms with Crippen LogP contribution in [-0.4, -0.2) is 5.78 Å². The average Bonchev–Trinajstić information content (AvgIpc) is 2.32. The minimum absolute atomic E-state index is 0.194. The molecule has 0 spiro atoms. The quantitative estimate of drug-likeness (QED) is 0.650. The standard InChI is InChI=1S/C14H7Br2F3O/c15-8-5-11(18)14(12(19)6-8)13(20)4-7-1-2-10(17)9(16)3-7/h1-3,5-6H,4H2. The van der Waals surface area contributed by atoms with Gasteiger partial charge in [-0.3, -0.25) is 4.79 Å². The van der Waals surface area contributed by atoms with Crippen LogP contribution >= 0.6 is 31.9 Å². The highest BCUT2D eigenvalue weighted by Gasteiger charge is 2.19. The van der Waals surface area contributed by atoms with Crippen LogP contribution in [0.5, 0.6) is 0 Å². The number of hydrogen-bond acceptors (Lipinski definition) is 1. The van der Waals surface area contributed by atoms with E-state index in [9.17, 15) is 18.0 Å². The van der Waals surface area contributed by atoms with Crippen LogP contribution in [0.2, 0.25) is 0 Å². The molecule has 0 heterocycles. The molecule has 0 N–H and O–H groups in total. The molecular formula is C14H7Br2F3O. The molecule has 0 radical (unpaired) electrons. The van der Waals surface area contributed by atoms with Gasteiger partial charge in [0.05, 0.1) is 10.0 Å². The molecule has 0 saturated carbocycles. The molecule has 2 aromatic carbocycles.